The Morgan fingerprint density at radius 1 is 1.31 bits per heavy atom. The van der Waals surface area contributed by atoms with Crippen molar-refractivity contribution in [1.29, 1.82) is 0 Å². The normalized spacial score (nSPS) is 11.3. The fourth-order valence-corrected chi connectivity index (χ4v) is 1.35. The van der Waals surface area contributed by atoms with Crippen LogP contribution in [-0.4, -0.2) is 6.36 Å². The third-order valence-electron chi connectivity index (χ3n) is 2.04. The zero-order chi connectivity index (χ0) is 12.3. The Bertz CT molecular complexity index is 413. The van der Waals surface area contributed by atoms with Crippen LogP contribution < -0.4 is 4.74 Å². The van der Waals surface area contributed by atoms with Gasteiger partial charge in [0.15, 0.2) is 0 Å². The first-order valence-corrected chi connectivity index (χ1v) is 4.70. The van der Waals surface area contributed by atoms with Gasteiger partial charge in [-0.3, -0.25) is 0 Å². The molecule has 0 atom stereocenters. The van der Waals surface area contributed by atoms with Crippen molar-refractivity contribution in [3.05, 3.63) is 29.3 Å². The quantitative estimate of drug-likeness (QED) is 0.701. The lowest BCUT2D eigenvalue weighted by Crippen LogP contribution is -2.19. The van der Waals surface area contributed by atoms with Crippen molar-refractivity contribution >= 4 is 0 Å². The molecule has 0 aliphatic rings. The van der Waals surface area contributed by atoms with Gasteiger partial charge in [0.1, 0.15) is 5.75 Å². The number of ether oxygens (including phenoxy) is 1. The zero-order valence-corrected chi connectivity index (χ0v) is 8.93. The predicted molar refractivity (Wildman–Crippen MR) is 55.1 cm³/mol. The molecule has 0 aromatic heterocycles. The summed E-state index contributed by atoms with van der Waals surface area (Å²) in [6.07, 6.45) is 0.416. The molecule has 1 rings (SSSR count). The van der Waals surface area contributed by atoms with Crippen LogP contribution in [0.3, 0.4) is 0 Å². The van der Waals surface area contributed by atoms with E-state index in [4.69, 9.17) is 6.42 Å². The van der Waals surface area contributed by atoms with E-state index in [1.807, 2.05) is 0 Å². The van der Waals surface area contributed by atoms with Gasteiger partial charge in [-0.25, -0.2) is 0 Å². The number of rotatable bonds is 2. The highest BCUT2D eigenvalue weighted by Crippen LogP contribution is 2.33. The lowest BCUT2D eigenvalue weighted by atomic mass is 9.99. The topological polar surface area (TPSA) is 9.23 Å². The van der Waals surface area contributed by atoms with Crippen LogP contribution in [0.5, 0.6) is 5.75 Å². The fourth-order valence-electron chi connectivity index (χ4n) is 1.35. The minimum atomic E-state index is -4.73. The van der Waals surface area contributed by atoms with Crippen LogP contribution in [0.15, 0.2) is 18.2 Å². The first kappa shape index (κ1) is 12.4. The van der Waals surface area contributed by atoms with Crippen LogP contribution in [0, 0.1) is 12.3 Å². The van der Waals surface area contributed by atoms with Gasteiger partial charge in [0, 0.05) is 0 Å². The van der Waals surface area contributed by atoms with Crippen LogP contribution >= 0.6 is 0 Å². The molecular weight excluding hydrogens is 217 g/mol. The smallest absolute Gasteiger partial charge is 0.404 e. The van der Waals surface area contributed by atoms with Crippen molar-refractivity contribution in [2.24, 2.45) is 0 Å². The van der Waals surface area contributed by atoms with Crippen LogP contribution in [0.25, 0.3) is 0 Å². The Morgan fingerprint density at radius 2 is 1.94 bits per heavy atom. The zero-order valence-electron chi connectivity index (χ0n) is 8.93. The van der Waals surface area contributed by atoms with E-state index in [9.17, 15) is 13.2 Å². The molecule has 4 heteroatoms. The molecule has 86 valence electrons. The molecule has 16 heavy (non-hydrogen) atoms. The molecule has 0 N–H and O–H groups in total. The molecule has 0 heterocycles. The van der Waals surface area contributed by atoms with Crippen LogP contribution in [0.4, 0.5) is 13.2 Å². The number of hydrogen-bond donors (Lipinski definition) is 0. The summed E-state index contributed by atoms with van der Waals surface area (Å²) in [7, 11) is 0. The Hall–Kier alpha value is -1.63. The largest absolute Gasteiger partial charge is 0.573 e. The second-order valence-corrected chi connectivity index (χ2v) is 3.57. The van der Waals surface area contributed by atoms with Crippen LogP contribution in [-0.2, 0) is 0 Å². The number of benzene rings is 1. The van der Waals surface area contributed by atoms with Gasteiger partial charge in [-0.2, -0.15) is 0 Å². The van der Waals surface area contributed by atoms with Gasteiger partial charge in [0.05, 0.1) is 5.56 Å². The van der Waals surface area contributed by atoms with Gasteiger partial charge < -0.3 is 4.74 Å². The number of terminal acetylenes is 1. The SMILES string of the molecule is C#Cc1cccc(C(C)C)c1OC(F)(F)F. The van der Waals surface area contributed by atoms with Crippen molar-refractivity contribution < 1.29 is 17.9 Å². The molecular formula is C12H11F3O. The summed E-state index contributed by atoms with van der Waals surface area (Å²) in [6, 6.07) is 4.62. The van der Waals surface area contributed by atoms with Crippen molar-refractivity contribution in [3.8, 4) is 18.1 Å². The average Bonchev–Trinajstić information content (AvgIpc) is 2.15. The molecule has 0 aliphatic carbocycles. The third-order valence-corrected chi connectivity index (χ3v) is 2.04. The third kappa shape index (κ3) is 2.93. The Morgan fingerprint density at radius 3 is 2.38 bits per heavy atom. The molecule has 0 saturated heterocycles. The van der Waals surface area contributed by atoms with Crippen molar-refractivity contribution in [1.82, 2.24) is 0 Å². The van der Waals surface area contributed by atoms with Crippen LogP contribution in [0.1, 0.15) is 30.9 Å². The fraction of sp³-hybridized carbons (Fsp3) is 0.333. The highest BCUT2D eigenvalue weighted by Gasteiger charge is 2.33. The standard InChI is InChI=1S/C12H11F3O/c1-4-9-6-5-7-10(8(2)3)11(9)16-12(13,14)15/h1,5-8H,2-3H3. The monoisotopic (exact) mass is 228 g/mol. The van der Waals surface area contributed by atoms with Crippen molar-refractivity contribution in [2.75, 3.05) is 0 Å². The summed E-state index contributed by atoms with van der Waals surface area (Å²) in [5.41, 5.74) is 0.566. The van der Waals surface area contributed by atoms with E-state index in [1.165, 1.54) is 6.07 Å². The van der Waals surface area contributed by atoms with Crippen LogP contribution in [0.2, 0.25) is 0 Å². The van der Waals surface area contributed by atoms with E-state index in [0.29, 0.717) is 5.56 Å². The van der Waals surface area contributed by atoms with Gasteiger partial charge in [-0.05, 0) is 17.5 Å². The number of hydrogen-bond acceptors (Lipinski definition) is 1. The minimum Gasteiger partial charge on any atom is -0.404 e. The maximum Gasteiger partial charge on any atom is 0.573 e. The van der Waals surface area contributed by atoms with E-state index in [1.54, 1.807) is 26.0 Å². The molecule has 1 aromatic carbocycles. The van der Waals surface area contributed by atoms with Gasteiger partial charge in [-0.1, -0.05) is 31.9 Å². The van der Waals surface area contributed by atoms with E-state index >= 15 is 0 Å². The molecule has 0 spiro atoms. The summed E-state index contributed by atoms with van der Waals surface area (Å²) in [5.74, 6) is 1.83. The minimum absolute atomic E-state index is 0.0920. The highest BCUT2D eigenvalue weighted by molar-refractivity contribution is 5.51. The highest BCUT2D eigenvalue weighted by atomic mass is 19.4. The summed E-state index contributed by atoms with van der Waals surface area (Å²) in [4.78, 5) is 0. The van der Waals surface area contributed by atoms with Gasteiger partial charge in [0.2, 0.25) is 0 Å². The van der Waals surface area contributed by atoms with Gasteiger partial charge in [0.25, 0.3) is 0 Å². The van der Waals surface area contributed by atoms with E-state index in [0.717, 1.165) is 0 Å². The summed E-state index contributed by atoms with van der Waals surface area (Å²) in [6.45, 7) is 3.55. The molecule has 1 aromatic rings. The molecule has 0 saturated carbocycles. The Balaban J connectivity index is 3.27. The van der Waals surface area contributed by atoms with E-state index in [2.05, 4.69) is 10.7 Å². The lowest BCUT2D eigenvalue weighted by Gasteiger charge is -2.16. The predicted octanol–water partition coefficient (Wildman–Crippen LogP) is 3.69. The van der Waals surface area contributed by atoms with Crippen molar-refractivity contribution in [3.63, 3.8) is 0 Å². The van der Waals surface area contributed by atoms with E-state index in [-0.39, 0.29) is 17.2 Å². The second-order valence-electron chi connectivity index (χ2n) is 3.57. The maximum absolute atomic E-state index is 12.2. The van der Waals surface area contributed by atoms with E-state index < -0.39 is 6.36 Å². The second kappa shape index (κ2) is 4.48. The molecule has 0 radical (unpaired) electrons. The van der Waals surface area contributed by atoms with Crippen molar-refractivity contribution in [2.45, 2.75) is 26.1 Å². The number of para-hydroxylation sites is 1. The summed E-state index contributed by atoms with van der Waals surface area (Å²) in [5, 5.41) is 0. The molecule has 0 amide bonds. The lowest BCUT2D eigenvalue weighted by molar-refractivity contribution is -0.275. The van der Waals surface area contributed by atoms with Gasteiger partial charge >= 0.3 is 6.36 Å². The molecule has 0 unspecified atom stereocenters. The summed E-state index contributed by atoms with van der Waals surface area (Å²) < 4.78 is 40.6. The molecule has 0 bridgehead atoms. The Kier molecular flexibility index (Phi) is 3.48. The molecule has 1 nitrogen and oxygen atoms in total. The first-order chi connectivity index (χ1) is 7.35. The average molecular weight is 228 g/mol. The Labute approximate surface area is 92.2 Å². The number of alkyl halides is 3. The molecule has 0 fully saturated rings. The summed E-state index contributed by atoms with van der Waals surface area (Å²) >= 11 is 0. The molecule has 0 aliphatic heterocycles. The van der Waals surface area contributed by atoms with Gasteiger partial charge in [-0.15, -0.1) is 19.6 Å². The maximum atomic E-state index is 12.2. The number of halogens is 3. The first-order valence-electron chi connectivity index (χ1n) is 4.70.